The lowest BCUT2D eigenvalue weighted by Crippen LogP contribution is -2.01. The van der Waals surface area contributed by atoms with Crippen LogP contribution in [-0.4, -0.2) is 9.78 Å². The van der Waals surface area contributed by atoms with Crippen LogP contribution in [0.1, 0.15) is 18.2 Å². The monoisotopic (exact) mass is 267 g/mol. The minimum Gasteiger partial charge on any atom is -0.378 e. The van der Waals surface area contributed by atoms with Crippen molar-refractivity contribution in [3.05, 3.63) is 46.5 Å². The first kappa shape index (κ1) is 12.9. The number of anilines is 1. The van der Waals surface area contributed by atoms with Gasteiger partial charge in [0.15, 0.2) is 0 Å². The Hall–Kier alpha value is -1.55. The van der Waals surface area contributed by atoms with Gasteiger partial charge >= 0.3 is 0 Å². The van der Waals surface area contributed by atoms with Crippen LogP contribution < -0.4 is 5.32 Å². The van der Waals surface area contributed by atoms with E-state index in [2.05, 4.69) is 10.4 Å². The van der Waals surface area contributed by atoms with Gasteiger partial charge in [0.25, 0.3) is 0 Å². The molecule has 5 heteroatoms. The smallest absolute Gasteiger partial charge is 0.125 e. The van der Waals surface area contributed by atoms with Crippen LogP contribution in [0.15, 0.2) is 24.4 Å². The third-order valence-electron chi connectivity index (χ3n) is 2.65. The lowest BCUT2D eigenvalue weighted by atomic mass is 10.2. The van der Waals surface area contributed by atoms with Gasteiger partial charge in [-0.3, -0.25) is 4.68 Å². The zero-order valence-electron chi connectivity index (χ0n) is 10.4. The minimum atomic E-state index is -0.318. The van der Waals surface area contributed by atoms with E-state index in [-0.39, 0.29) is 5.82 Å². The molecular weight excluding hydrogens is 253 g/mol. The number of halogens is 2. The first-order chi connectivity index (χ1) is 8.58. The van der Waals surface area contributed by atoms with Crippen molar-refractivity contribution in [2.45, 2.75) is 19.9 Å². The normalized spacial score (nSPS) is 10.7. The number of nitrogens with one attached hydrogen (secondary N) is 1. The van der Waals surface area contributed by atoms with Crippen molar-refractivity contribution in [1.29, 1.82) is 0 Å². The van der Waals surface area contributed by atoms with Gasteiger partial charge in [0.05, 0.1) is 11.4 Å². The summed E-state index contributed by atoms with van der Waals surface area (Å²) in [7, 11) is 1.88. The molecule has 0 unspecified atom stereocenters. The molecule has 0 saturated carbocycles. The number of benzene rings is 1. The Labute approximate surface area is 111 Å². The molecule has 1 N–H and O–H groups in total. The summed E-state index contributed by atoms with van der Waals surface area (Å²) in [6.07, 6.45) is 2.77. The molecule has 0 aliphatic carbocycles. The van der Waals surface area contributed by atoms with Crippen LogP contribution in [-0.2, 0) is 20.0 Å². The summed E-state index contributed by atoms with van der Waals surface area (Å²) in [5.74, 6) is -0.318. The van der Waals surface area contributed by atoms with E-state index in [1.165, 1.54) is 12.1 Å². The second-order valence-electron chi connectivity index (χ2n) is 4.15. The van der Waals surface area contributed by atoms with Gasteiger partial charge in [0.1, 0.15) is 5.82 Å². The Kier molecular flexibility index (Phi) is 3.87. The maximum absolute atomic E-state index is 13.2. The highest BCUT2D eigenvalue weighted by Gasteiger charge is 2.06. The summed E-state index contributed by atoms with van der Waals surface area (Å²) in [6, 6.07) is 4.52. The van der Waals surface area contributed by atoms with Crippen LogP contribution in [0.5, 0.6) is 0 Å². The molecule has 0 aliphatic rings. The summed E-state index contributed by atoms with van der Waals surface area (Å²) >= 11 is 5.81. The highest BCUT2D eigenvalue weighted by atomic mass is 35.5. The van der Waals surface area contributed by atoms with E-state index in [9.17, 15) is 4.39 Å². The van der Waals surface area contributed by atoms with E-state index in [0.29, 0.717) is 11.6 Å². The first-order valence-electron chi connectivity index (χ1n) is 5.80. The zero-order chi connectivity index (χ0) is 13.1. The molecule has 18 heavy (non-hydrogen) atoms. The minimum absolute atomic E-state index is 0.318. The van der Waals surface area contributed by atoms with Crippen LogP contribution in [0.25, 0.3) is 0 Å². The predicted octanol–water partition coefficient (Wildman–Crippen LogP) is 3.39. The molecule has 1 aromatic carbocycles. The SMILES string of the molecule is CCc1nn(C)cc1NCc1cc(F)cc(Cl)c1. The largest absolute Gasteiger partial charge is 0.378 e. The standard InChI is InChI=1S/C13H15ClFN3/c1-3-12-13(8-18(2)17-12)16-7-9-4-10(14)6-11(15)5-9/h4-6,8,16H,3,7H2,1-2H3. The van der Waals surface area contributed by atoms with E-state index in [1.807, 2.05) is 20.2 Å². The van der Waals surface area contributed by atoms with Gasteiger partial charge in [-0.1, -0.05) is 18.5 Å². The first-order valence-corrected chi connectivity index (χ1v) is 6.17. The van der Waals surface area contributed by atoms with Crippen molar-refractivity contribution < 1.29 is 4.39 Å². The lowest BCUT2D eigenvalue weighted by Gasteiger charge is -2.06. The van der Waals surface area contributed by atoms with Crippen molar-refractivity contribution in [1.82, 2.24) is 9.78 Å². The summed E-state index contributed by atoms with van der Waals surface area (Å²) in [5, 5.41) is 7.99. The average Bonchev–Trinajstić information content (AvgIpc) is 2.66. The fraction of sp³-hybridized carbons (Fsp3) is 0.308. The maximum Gasteiger partial charge on any atom is 0.125 e. The van der Waals surface area contributed by atoms with Crippen molar-refractivity contribution >= 4 is 17.3 Å². The van der Waals surface area contributed by atoms with Gasteiger partial charge in [-0.05, 0) is 30.2 Å². The summed E-state index contributed by atoms with van der Waals surface area (Å²) in [6.45, 7) is 2.57. The second-order valence-corrected chi connectivity index (χ2v) is 4.58. The number of nitrogens with zero attached hydrogens (tertiary/aromatic N) is 2. The van der Waals surface area contributed by atoms with E-state index < -0.39 is 0 Å². The molecule has 1 aromatic heterocycles. The molecular formula is C13H15ClFN3. The van der Waals surface area contributed by atoms with Gasteiger partial charge in [0, 0.05) is 24.8 Å². The number of aromatic nitrogens is 2. The van der Waals surface area contributed by atoms with Crippen molar-refractivity contribution in [3.63, 3.8) is 0 Å². The Bertz CT molecular complexity index is 531. The number of hydrogen-bond acceptors (Lipinski definition) is 2. The van der Waals surface area contributed by atoms with Crippen LogP contribution in [0.3, 0.4) is 0 Å². The molecule has 96 valence electrons. The zero-order valence-corrected chi connectivity index (χ0v) is 11.1. The van der Waals surface area contributed by atoms with Crippen molar-refractivity contribution in [3.8, 4) is 0 Å². The Morgan fingerprint density at radius 3 is 2.83 bits per heavy atom. The molecule has 0 spiro atoms. The molecule has 0 radical (unpaired) electrons. The van der Waals surface area contributed by atoms with Gasteiger partial charge in [-0.25, -0.2) is 4.39 Å². The molecule has 0 aliphatic heterocycles. The van der Waals surface area contributed by atoms with Crippen molar-refractivity contribution in [2.24, 2.45) is 7.05 Å². The Balaban J connectivity index is 2.11. The maximum atomic E-state index is 13.2. The third kappa shape index (κ3) is 3.01. The van der Waals surface area contributed by atoms with Crippen LogP contribution >= 0.6 is 11.6 Å². The fourth-order valence-corrected chi connectivity index (χ4v) is 2.10. The molecule has 2 rings (SSSR count). The van der Waals surface area contributed by atoms with Crippen molar-refractivity contribution in [2.75, 3.05) is 5.32 Å². The molecule has 1 heterocycles. The van der Waals surface area contributed by atoms with Gasteiger partial charge < -0.3 is 5.32 Å². The number of hydrogen-bond donors (Lipinski definition) is 1. The van der Waals surface area contributed by atoms with Gasteiger partial charge in [-0.15, -0.1) is 0 Å². The summed E-state index contributed by atoms with van der Waals surface area (Å²) in [4.78, 5) is 0. The molecule has 0 fully saturated rings. The van der Waals surface area contributed by atoms with E-state index in [4.69, 9.17) is 11.6 Å². The van der Waals surface area contributed by atoms with E-state index >= 15 is 0 Å². The van der Waals surface area contributed by atoms with Crippen LogP contribution in [0, 0.1) is 5.82 Å². The highest BCUT2D eigenvalue weighted by Crippen LogP contribution is 2.18. The lowest BCUT2D eigenvalue weighted by molar-refractivity contribution is 0.626. The quantitative estimate of drug-likeness (QED) is 0.920. The Morgan fingerprint density at radius 2 is 2.17 bits per heavy atom. The van der Waals surface area contributed by atoms with E-state index in [0.717, 1.165) is 23.4 Å². The van der Waals surface area contributed by atoms with Gasteiger partial charge in [-0.2, -0.15) is 5.10 Å². The average molecular weight is 268 g/mol. The molecule has 0 bridgehead atoms. The number of rotatable bonds is 4. The fourth-order valence-electron chi connectivity index (χ4n) is 1.85. The topological polar surface area (TPSA) is 29.9 Å². The second kappa shape index (κ2) is 5.40. The molecule has 0 amide bonds. The van der Waals surface area contributed by atoms with Crippen LogP contribution in [0.4, 0.5) is 10.1 Å². The molecule has 0 saturated heterocycles. The third-order valence-corrected chi connectivity index (χ3v) is 2.86. The molecule has 0 atom stereocenters. The molecule has 2 aromatic rings. The van der Waals surface area contributed by atoms with Gasteiger partial charge in [0.2, 0.25) is 0 Å². The molecule has 3 nitrogen and oxygen atoms in total. The predicted molar refractivity (Wildman–Crippen MR) is 71.3 cm³/mol. The number of aryl methyl sites for hydroxylation is 2. The Morgan fingerprint density at radius 1 is 1.39 bits per heavy atom. The highest BCUT2D eigenvalue weighted by molar-refractivity contribution is 6.30. The van der Waals surface area contributed by atoms with Crippen LogP contribution in [0.2, 0.25) is 5.02 Å². The summed E-state index contributed by atoms with van der Waals surface area (Å²) < 4.78 is 14.9. The van der Waals surface area contributed by atoms with E-state index in [1.54, 1.807) is 10.7 Å². The summed E-state index contributed by atoms with van der Waals surface area (Å²) in [5.41, 5.74) is 2.78.